The van der Waals surface area contributed by atoms with E-state index in [1.54, 1.807) is 0 Å². The predicted octanol–water partition coefficient (Wildman–Crippen LogP) is 4.10. The average Bonchev–Trinajstić information content (AvgIpc) is 2.43. The molecule has 2 N–H and O–H groups in total. The first-order chi connectivity index (χ1) is 9.58. The van der Waals surface area contributed by atoms with Crippen LogP contribution in [-0.2, 0) is 6.54 Å². The quantitative estimate of drug-likeness (QED) is 0.830. The van der Waals surface area contributed by atoms with E-state index in [0.29, 0.717) is 5.11 Å². The van der Waals surface area contributed by atoms with Gasteiger partial charge >= 0.3 is 0 Å². The predicted molar refractivity (Wildman–Crippen MR) is 90.2 cm³/mol. The maximum atomic E-state index is 5.36. The van der Waals surface area contributed by atoms with E-state index in [1.807, 2.05) is 24.3 Å². The van der Waals surface area contributed by atoms with Crippen LogP contribution in [0.4, 0.5) is 5.69 Å². The Hall–Kier alpha value is -1.87. The van der Waals surface area contributed by atoms with Crippen molar-refractivity contribution in [3.05, 3.63) is 64.7 Å². The molecule has 0 saturated heterocycles. The SMILES string of the molecule is Cc1ccccc1CNC(=S)Nc1cccc(C)c1C. The van der Waals surface area contributed by atoms with E-state index in [9.17, 15) is 0 Å². The molecule has 0 aliphatic carbocycles. The van der Waals surface area contributed by atoms with E-state index >= 15 is 0 Å². The summed E-state index contributed by atoms with van der Waals surface area (Å²) in [6.07, 6.45) is 0. The summed E-state index contributed by atoms with van der Waals surface area (Å²) in [5.41, 5.74) is 6.09. The number of hydrogen-bond acceptors (Lipinski definition) is 1. The van der Waals surface area contributed by atoms with Crippen LogP contribution in [0.5, 0.6) is 0 Å². The third-order valence-electron chi connectivity index (χ3n) is 3.55. The largest absolute Gasteiger partial charge is 0.358 e. The summed E-state index contributed by atoms with van der Waals surface area (Å²) in [6.45, 7) is 7.05. The minimum atomic E-state index is 0.655. The highest BCUT2D eigenvalue weighted by Crippen LogP contribution is 2.17. The molecule has 2 rings (SSSR count). The fourth-order valence-electron chi connectivity index (χ4n) is 2.04. The number of hydrogen-bond donors (Lipinski definition) is 2. The van der Waals surface area contributed by atoms with Crippen LogP contribution in [-0.4, -0.2) is 5.11 Å². The van der Waals surface area contributed by atoms with Gasteiger partial charge in [0, 0.05) is 12.2 Å². The second kappa shape index (κ2) is 6.53. The van der Waals surface area contributed by atoms with Crippen LogP contribution in [0.25, 0.3) is 0 Å². The zero-order valence-electron chi connectivity index (χ0n) is 12.2. The number of nitrogens with one attached hydrogen (secondary N) is 2. The van der Waals surface area contributed by atoms with Gasteiger partial charge in [-0.15, -0.1) is 0 Å². The van der Waals surface area contributed by atoms with Crippen molar-refractivity contribution in [3.63, 3.8) is 0 Å². The second-order valence-corrected chi connectivity index (χ2v) is 5.39. The zero-order chi connectivity index (χ0) is 14.5. The molecule has 20 heavy (non-hydrogen) atoms. The minimum absolute atomic E-state index is 0.655. The number of benzene rings is 2. The van der Waals surface area contributed by atoms with E-state index < -0.39 is 0 Å². The number of rotatable bonds is 3. The van der Waals surface area contributed by atoms with Gasteiger partial charge in [0.15, 0.2) is 5.11 Å². The van der Waals surface area contributed by atoms with Crippen LogP contribution < -0.4 is 10.6 Å². The molecule has 104 valence electrons. The lowest BCUT2D eigenvalue weighted by Crippen LogP contribution is -2.28. The Morgan fingerprint density at radius 2 is 1.65 bits per heavy atom. The third-order valence-corrected chi connectivity index (χ3v) is 3.80. The molecule has 0 aromatic heterocycles. The monoisotopic (exact) mass is 284 g/mol. The van der Waals surface area contributed by atoms with Gasteiger partial charge in [0.05, 0.1) is 0 Å². The maximum absolute atomic E-state index is 5.36. The van der Waals surface area contributed by atoms with Crippen LogP contribution >= 0.6 is 12.2 Å². The van der Waals surface area contributed by atoms with Crippen LogP contribution in [0, 0.1) is 20.8 Å². The first-order valence-electron chi connectivity index (χ1n) is 6.73. The molecule has 2 aromatic rings. The van der Waals surface area contributed by atoms with Crippen LogP contribution in [0.15, 0.2) is 42.5 Å². The average molecular weight is 284 g/mol. The van der Waals surface area contributed by atoms with Gasteiger partial charge < -0.3 is 10.6 Å². The highest BCUT2D eigenvalue weighted by atomic mass is 32.1. The molecule has 0 unspecified atom stereocenters. The molecule has 2 aromatic carbocycles. The maximum Gasteiger partial charge on any atom is 0.171 e. The first-order valence-corrected chi connectivity index (χ1v) is 7.14. The zero-order valence-corrected chi connectivity index (χ0v) is 13.0. The van der Waals surface area contributed by atoms with Gasteiger partial charge in [-0.2, -0.15) is 0 Å². The molecule has 0 saturated carbocycles. The minimum Gasteiger partial charge on any atom is -0.358 e. The van der Waals surface area contributed by atoms with Crippen molar-refractivity contribution in [3.8, 4) is 0 Å². The Morgan fingerprint density at radius 1 is 0.950 bits per heavy atom. The summed E-state index contributed by atoms with van der Waals surface area (Å²) in [4.78, 5) is 0. The molecular weight excluding hydrogens is 264 g/mol. The van der Waals surface area contributed by atoms with E-state index in [-0.39, 0.29) is 0 Å². The Bertz CT molecular complexity index is 620. The number of anilines is 1. The fourth-order valence-corrected chi connectivity index (χ4v) is 2.22. The molecule has 0 spiro atoms. The lowest BCUT2D eigenvalue weighted by molar-refractivity contribution is 0.915. The summed E-state index contributed by atoms with van der Waals surface area (Å²) in [5.74, 6) is 0. The molecular formula is C17H20N2S. The second-order valence-electron chi connectivity index (χ2n) is 4.98. The Kier molecular flexibility index (Phi) is 4.74. The van der Waals surface area contributed by atoms with Gasteiger partial charge in [0.1, 0.15) is 0 Å². The Balaban J connectivity index is 1.96. The Labute approximate surface area is 126 Å². The number of aryl methyl sites for hydroxylation is 2. The summed E-state index contributed by atoms with van der Waals surface area (Å²) in [6, 6.07) is 14.5. The van der Waals surface area contributed by atoms with Crippen molar-refractivity contribution in [1.29, 1.82) is 0 Å². The normalized spacial score (nSPS) is 10.2. The van der Waals surface area contributed by atoms with Crippen LogP contribution in [0.3, 0.4) is 0 Å². The lowest BCUT2D eigenvalue weighted by Gasteiger charge is -2.14. The van der Waals surface area contributed by atoms with Gasteiger partial charge in [-0.25, -0.2) is 0 Å². The van der Waals surface area contributed by atoms with Crippen molar-refractivity contribution < 1.29 is 0 Å². The molecule has 0 aliphatic rings. The molecule has 0 bridgehead atoms. The van der Waals surface area contributed by atoms with Gasteiger partial charge in [-0.1, -0.05) is 36.4 Å². The summed E-state index contributed by atoms with van der Waals surface area (Å²) >= 11 is 5.36. The smallest absolute Gasteiger partial charge is 0.171 e. The van der Waals surface area contributed by atoms with Gasteiger partial charge in [0.2, 0.25) is 0 Å². The van der Waals surface area contributed by atoms with Crippen LogP contribution in [0.1, 0.15) is 22.3 Å². The highest BCUT2D eigenvalue weighted by molar-refractivity contribution is 7.80. The van der Waals surface area contributed by atoms with Crippen molar-refractivity contribution in [2.24, 2.45) is 0 Å². The molecule has 0 heterocycles. The van der Waals surface area contributed by atoms with E-state index in [2.05, 4.69) is 49.6 Å². The summed E-state index contributed by atoms with van der Waals surface area (Å²) in [7, 11) is 0. The van der Waals surface area contributed by atoms with E-state index in [4.69, 9.17) is 12.2 Å². The highest BCUT2D eigenvalue weighted by Gasteiger charge is 2.03. The summed E-state index contributed by atoms with van der Waals surface area (Å²) in [5, 5.41) is 7.17. The van der Waals surface area contributed by atoms with E-state index in [1.165, 1.54) is 22.3 Å². The van der Waals surface area contributed by atoms with Gasteiger partial charge in [0.25, 0.3) is 0 Å². The van der Waals surface area contributed by atoms with Crippen molar-refractivity contribution in [2.75, 3.05) is 5.32 Å². The van der Waals surface area contributed by atoms with Crippen molar-refractivity contribution >= 4 is 23.0 Å². The first kappa shape index (κ1) is 14.5. The third kappa shape index (κ3) is 3.58. The number of thiocarbonyl (C=S) groups is 1. The standard InChI is InChI=1S/C17H20N2S/c1-12-8-6-10-16(14(12)3)19-17(20)18-11-15-9-5-4-7-13(15)2/h4-10H,11H2,1-3H3,(H2,18,19,20). The van der Waals surface area contributed by atoms with Crippen molar-refractivity contribution in [2.45, 2.75) is 27.3 Å². The fraction of sp³-hybridized carbons (Fsp3) is 0.235. The van der Waals surface area contributed by atoms with Crippen molar-refractivity contribution in [1.82, 2.24) is 5.32 Å². The van der Waals surface area contributed by atoms with Gasteiger partial charge in [-0.3, -0.25) is 0 Å². The Morgan fingerprint density at radius 3 is 2.40 bits per heavy atom. The molecule has 2 nitrogen and oxygen atoms in total. The molecule has 0 atom stereocenters. The van der Waals surface area contributed by atoms with Gasteiger partial charge in [-0.05, 0) is 61.3 Å². The molecule has 0 amide bonds. The summed E-state index contributed by atoms with van der Waals surface area (Å²) < 4.78 is 0. The molecule has 3 heteroatoms. The topological polar surface area (TPSA) is 24.1 Å². The lowest BCUT2D eigenvalue weighted by atomic mass is 10.1. The molecule has 0 radical (unpaired) electrons. The van der Waals surface area contributed by atoms with Crippen LogP contribution in [0.2, 0.25) is 0 Å². The molecule has 0 fully saturated rings. The molecule has 0 aliphatic heterocycles. The van der Waals surface area contributed by atoms with E-state index in [0.717, 1.165) is 12.2 Å².